The average molecular weight is 486 g/mol. The Balaban J connectivity index is 0.000000466. The molecule has 0 heterocycles. The summed E-state index contributed by atoms with van der Waals surface area (Å²) in [5.74, 6) is -0.167. The largest absolute Gasteiger partial charge is 0.210 e. The van der Waals surface area contributed by atoms with E-state index >= 15 is 0 Å². The van der Waals surface area contributed by atoms with Crippen LogP contribution in [0.5, 0.6) is 0 Å². The van der Waals surface area contributed by atoms with Crippen LogP contribution in [-0.4, -0.2) is 4.82 Å². The normalized spacial score (nSPS) is 8.71. The minimum absolute atomic E-state index is 0.0833. The van der Waals surface area contributed by atoms with E-state index < -0.39 is 0 Å². The molecule has 4 rings (SSSR count). The molecule has 0 aliphatic carbocycles. The first-order valence-corrected chi connectivity index (χ1v) is 12.0. The van der Waals surface area contributed by atoms with Gasteiger partial charge in [0, 0.05) is 0 Å². The Kier molecular flexibility index (Phi) is 18.5. The van der Waals surface area contributed by atoms with Gasteiger partial charge in [0.2, 0.25) is 0 Å². The third kappa shape index (κ3) is 18.4. The van der Waals surface area contributed by atoms with E-state index in [1.807, 2.05) is 0 Å². The maximum atomic E-state index is 9.33. The topological polar surface area (TPSA) is 46.1 Å². The summed E-state index contributed by atoms with van der Waals surface area (Å²) in [6.07, 6.45) is 2.10. The Bertz CT molecular complexity index is 895. The van der Waals surface area contributed by atoms with Gasteiger partial charge >= 0.3 is 24.8 Å². The van der Waals surface area contributed by atoms with E-state index in [-0.39, 0.29) is 11.5 Å². The van der Waals surface area contributed by atoms with Crippen molar-refractivity contribution in [2.24, 2.45) is 0 Å². The van der Waals surface area contributed by atoms with Gasteiger partial charge in [-0.1, -0.05) is 98.5 Å². The molecule has 0 fully saturated rings. The molecule has 0 saturated carbocycles. The second kappa shape index (κ2) is 20.4. The first kappa shape index (κ1) is 30.8. The van der Waals surface area contributed by atoms with Crippen molar-refractivity contribution in [1.29, 1.82) is 0 Å². The molecule has 4 aromatic carbocycles. The van der Waals surface area contributed by atoms with E-state index in [1.54, 1.807) is 20.0 Å². The fourth-order valence-electron chi connectivity index (χ4n) is 2.73. The van der Waals surface area contributed by atoms with E-state index in [9.17, 15) is 10.2 Å². The van der Waals surface area contributed by atoms with E-state index in [0.29, 0.717) is 0 Å². The molecule has 0 aliphatic rings. The maximum Gasteiger partial charge on any atom is -0.0561 e. The van der Waals surface area contributed by atoms with E-state index in [2.05, 4.69) is 127 Å². The Morgan fingerprint density at radius 2 is 0.912 bits per heavy atom. The minimum Gasteiger partial charge on any atom is -0.210 e. The molecular weight excluding hydrogens is 452 g/mol. The summed E-state index contributed by atoms with van der Waals surface area (Å²) < 4.78 is 0. The zero-order chi connectivity index (χ0) is 25.6. The molecule has 3 heteroatoms. The van der Waals surface area contributed by atoms with Gasteiger partial charge in [0.15, 0.2) is 0 Å². The van der Waals surface area contributed by atoms with Crippen molar-refractivity contribution in [3.8, 4) is 0 Å². The van der Waals surface area contributed by atoms with Crippen molar-refractivity contribution < 1.29 is 30.2 Å². The molecule has 0 aliphatic heterocycles. The maximum absolute atomic E-state index is 9.33. The standard InChI is InChI=1S/2C12H11.2C3H6O.CH2.Ti/c2*1-2-6-11(7-3-1)10-12-8-4-5-9-12;2*1-3(2)4;;/h2*1-9H,10H2;2*4H,1H2,2H3;1H2;/q2*-1;;;;+2/p-2. The van der Waals surface area contributed by atoms with Crippen molar-refractivity contribution in [3.05, 3.63) is 156 Å². The van der Waals surface area contributed by atoms with Crippen molar-refractivity contribution in [2.75, 3.05) is 0 Å². The van der Waals surface area contributed by atoms with Gasteiger partial charge in [0.1, 0.15) is 0 Å². The molecule has 2 nitrogen and oxygen atoms in total. The van der Waals surface area contributed by atoms with Crippen LogP contribution in [0.3, 0.4) is 0 Å². The third-order valence-electron chi connectivity index (χ3n) is 3.97. The van der Waals surface area contributed by atoms with Gasteiger partial charge < -0.3 is 10.2 Å². The van der Waals surface area contributed by atoms with Crippen molar-refractivity contribution >= 4 is 4.82 Å². The molecule has 34 heavy (non-hydrogen) atoms. The molecule has 0 atom stereocenters. The van der Waals surface area contributed by atoms with Crippen LogP contribution in [0.15, 0.2) is 134 Å². The predicted octanol–water partition coefficient (Wildman–Crippen LogP) is 5.72. The Hall–Kier alpha value is -3.20. The molecule has 0 unspecified atom stereocenters. The zero-order valence-electron chi connectivity index (χ0n) is 20.2. The average Bonchev–Trinajstić information content (AvgIpc) is 3.51. The molecule has 176 valence electrons. The molecular formula is C31H34O2Ti-2. The molecule has 0 bridgehead atoms. The van der Waals surface area contributed by atoms with Crippen LogP contribution in [0.25, 0.3) is 0 Å². The van der Waals surface area contributed by atoms with Gasteiger partial charge in [0.25, 0.3) is 0 Å². The zero-order valence-corrected chi connectivity index (χ0v) is 21.8. The molecule has 0 aromatic heterocycles. The number of benzene rings is 2. The van der Waals surface area contributed by atoms with E-state index in [0.717, 1.165) is 12.8 Å². The van der Waals surface area contributed by atoms with Gasteiger partial charge in [-0.05, 0) is 0 Å². The summed E-state index contributed by atoms with van der Waals surface area (Å²) in [6, 6.07) is 38.0. The van der Waals surface area contributed by atoms with Gasteiger partial charge in [-0.15, -0.1) is 24.7 Å². The molecule has 0 amide bonds. The number of allylic oxidation sites excluding steroid dienone is 2. The van der Waals surface area contributed by atoms with Gasteiger partial charge in [-0.3, -0.25) is 0 Å². The summed E-state index contributed by atoms with van der Waals surface area (Å²) >= 11 is 1.75. The van der Waals surface area contributed by atoms with Crippen molar-refractivity contribution in [3.63, 3.8) is 0 Å². The second-order valence-electron chi connectivity index (χ2n) is 7.32. The Morgan fingerprint density at radius 1 is 0.618 bits per heavy atom. The summed E-state index contributed by atoms with van der Waals surface area (Å²) in [6.45, 7) is 8.83. The van der Waals surface area contributed by atoms with Gasteiger partial charge in [0.05, 0.1) is 0 Å². The monoisotopic (exact) mass is 486 g/mol. The van der Waals surface area contributed by atoms with Crippen LogP contribution in [0.1, 0.15) is 36.1 Å². The Morgan fingerprint density at radius 3 is 1.15 bits per heavy atom. The fraction of sp³-hybridized carbons (Fsp3) is 0.129. The summed E-state index contributed by atoms with van der Waals surface area (Å²) in [5, 5.41) is 18.7. The SMILES string of the molecule is C=C(C)[O-].C=C(C)[O-].[CH2]=[Ti+2].c1ccc(Cc2cc[cH-]c2)cc1.c1ccc(Cc2cc[cH-]c2)cc1. The smallest absolute Gasteiger partial charge is 0.0561 e. The van der Waals surface area contributed by atoms with Gasteiger partial charge in [-0.2, -0.15) is 47.5 Å². The van der Waals surface area contributed by atoms with Crippen LogP contribution in [0.4, 0.5) is 0 Å². The quantitative estimate of drug-likeness (QED) is 0.211. The second-order valence-corrected chi connectivity index (χ2v) is 7.32. The number of hydrogen-bond acceptors (Lipinski definition) is 2. The van der Waals surface area contributed by atoms with E-state index in [1.165, 1.54) is 36.1 Å². The third-order valence-corrected chi connectivity index (χ3v) is 3.97. The number of hydrogen-bond donors (Lipinski definition) is 0. The molecule has 0 saturated heterocycles. The molecule has 0 radical (unpaired) electrons. The van der Waals surface area contributed by atoms with Gasteiger partial charge in [-0.25, -0.2) is 12.1 Å². The van der Waals surface area contributed by atoms with Crippen molar-refractivity contribution in [2.45, 2.75) is 26.7 Å². The predicted molar refractivity (Wildman–Crippen MR) is 139 cm³/mol. The van der Waals surface area contributed by atoms with Crippen LogP contribution in [0.2, 0.25) is 0 Å². The van der Waals surface area contributed by atoms with Crippen LogP contribution < -0.4 is 10.2 Å². The first-order valence-electron chi connectivity index (χ1n) is 10.9. The summed E-state index contributed by atoms with van der Waals surface area (Å²) in [4.78, 5) is 3.25. The minimum atomic E-state index is -0.0833. The van der Waals surface area contributed by atoms with Crippen LogP contribution in [0, 0.1) is 0 Å². The van der Waals surface area contributed by atoms with Crippen LogP contribution in [-0.2, 0) is 32.8 Å². The number of rotatable bonds is 4. The Labute approximate surface area is 217 Å². The first-order chi connectivity index (χ1) is 16.4. The van der Waals surface area contributed by atoms with Crippen molar-refractivity contribution in [1.82, 2.24) is 0 Å². The molecule has 4 aromatic rings. The van der Waals surface area contributed by atoms with E-state index in [4.69, 9.17) is 0 Å². The fourth-order valence-corrected chi connectivity index (χ4v) is 2.73. The van der Waals surface area contributed by atoms with Crippen LogP contribution >= 0.6 is 0 Å². The summed E-state index contributed by atoms with van der Waals surface area (Å²) in [5.41, 5.74) is 5.54. The summed E-state index contributed by atoms with van der Waals surface area (Å²) in [7, 11) is 0. The molecule has 0 spiro atoms. The molecule has 0 N–H and O–H groups in total.